The Morgan fingerprint density at radius 3 is 2.40 bits per heavy atom. The molecule has 0 aromatic carbocycles. The van der Waals surface area contributed by atoms with Crippen molar-refractivity contribution in [1.82, 2.24) is 10.2 Å². The molecule has 1 aliphatic carbocycles. The van der Waals surface area contributed by atoms with Crippen molar-refractivity contribution >= 4 is 0 Å². The van der Waals surface area contributed by atoms with Crippen LogP contribution in [-0.2, 0) is 0 Å². The summed E-state index contributed by atoms with van der Waals surface area (Å²) in [4.78, 5) is 2.48. The van der Waals surface area contributed by atoms with Crippen LogP contribution in [-0.4, -0.2) is 37.1 Å². The van der Waals surface area contributed by atoms with Gasteiger partial charge in [0.2, 0.25) is 0 Å². The minimum absolute atomic E-state index is 0.410. The average molecular weight is 212 g/mol. The lowest BCUT2D eigenvalue weighted by atomic mass is 9.95. The minimum atomic E-state index is 0.410. The largest absolute Gasteiger partial charge is 0.314 e. The quantitative estimate of drug-likeness (QED) is 0.728. The lowest BCUT2D eigenvalue weighted by molar-refractivity contribution is 0.174. The Hall–Kier alpha value is -0.0800. The molecular weight excluding hydrogens is 184 g/mol. The summed E-state index contributed by atoms with van der Waals surface area (Å²) < 4.78 is 0. The van der Waals surface area contributed by atoms with Crippen LogP contribution in [0.5, 0.6) is 0 Å². The SMILES string of the molecule is CC(CCNC1CC1)N(C)CC(C)(C)C. The van der Waals surface area contributed by atoms with Crippen LogP contribution in [0, 0.1) is 5.41 Å². The van der Waals surface area contributed by atoms with Gasteiger partial charge in [-0.2, -0.15) is 0 Å². The van der Waals surface area contributed by atoms with Crippen molar-refractivity contribution in [2.24, 2.45) is 5.41 Å². The highest BCUT2D eigenvalue weighted by Gasteiger charge is 2.21. The summed E-state index contributed by atoms with van der Waals surface area (Å²) in [5.74, 6) is 0. The third-order valence-electron chi connectivity index (χ3n) is 3.05. The first-order chi connectivity index (χ1) is 6.88. The fourth-order valence-electron chi connectivity index (χ4n) is 1.91. The molecule has 1 rings (SSSR count). The fraction of sp³-hybridized carbons (Fsp3) is 1.00. The molecule has 15 heavy (non-hydrogen) atoms. The van der Waals surface area contributed by atoms with Crippen LogP contribution < -0.4 is 5.32 Å². The zero-order chi connectivity index (χ0) is 11.5. The summed E-state index contributed by atoms with van der Waals surface area (Å²) in [6.45, 7) is 11.6. The maximum atomic E-state index is 3.58. The van der Waals surface area contributed by atoms with Gasteiger partial charge in [-0.3, -0.25) is 0 Å². The smallest absolute Gasteiger partial charge is 0.00761 e. The Balaban J connectivity index is 2.10. The maximum Gasteiger partial charge on any atom is 0.00761 e. The molecule has 1 fully saturated rings. The molecule has 1 N–H and O–H groups in total. The van der Waals surface area contributed by atoms with Crippen molar-refractivity contribution in [2.75, 3.05) is 20.1 Å². The molecule has 0 spiro atoms. The van der Waals surface area contributed by atoms with E-state index in [0.29, 0.717) is 11.5 Å². The van der Waals surface area contributed by atoms with Gasteiger partial charge in [-0.25, -0.2) is 0 Å². The van der Waals surface area contributed by atoms with Gasteiger partial charge in [-0.05, 0) is 45.2 Å². The fourth-order valence-corrected chi connectivity index (χ4v) is 1.91. The Morgan fingerprint density at radius 1 is 1.33 bits per heavy atom. The van der Waals surface area contributed by atoms with Gasteiger partial charge < -0.3 is 10.2 Å². The summed E-state index contributed by atoms with van der Waals surface area (Å²) in [7, 11) is 2.24. The normalized spacial score (nSPS) is 19.6. The van der Waals surface area contributed by atoms with Gasteiger partial charge in [0.15, 0.2) is 0 Å². The Morgan fingerprint density at radius 2 is 1.93 bits per heavy atom. The minimum Gasteiger partial charge on any atom is -0.314 e. The molecule has 2 nitrogen and oxygen atoms in total. The highest BCUT2D eigenvalue weighted by Crippen LogP contribution is 2.19. The molecule has 0 amide bonds. The lowest BCUT2D eigenvalue weighted by Gasteiger charge is -2.31. The van der Waals surface area contributed by atoms with E-state index in [2.05, 4.69) is 45.0 Å². The van der Waals surface area contributed by atoms with E-state index in [1.165, 1.54) is 32.4 Å². The van der Waals surface area contributed by atoms with Crippen LogP contribution in [0.2, 0.25) is 0 Å². The Bertz CT molecular complexity index is 179. The second-order valence-corrected chi connectivity index (χ2v) is 6.34. The van der Waals surface area contributed by atoms with Gasteiger partial charge in [-0.15, -0.1) is 0 Å². The standard InChI is InChI=1S/C13H28N2/c1-11(8-9-14-12-6-7-12)15(5)10-13(2,3)4/h11-12,14H,6-10H2,1-5H3. The highest BCUT2D eigenvalue weighted by molar-refractivity contribution is 4.81. The van der Waals surface area contributed by atoms with Crippen molar-refractivity contribution in [3.8, 4) is 0 Å². The van der Waals surface area contributed by atoms with Crippen LogP contribution in [0.1, 0.15) is 47.0 Å². The summed E-state index contributed by atoms with van der Waals surface area (Å²) in [5.41, 5.74) is 0.410. The summed E-state index contributed by atoms with van der Waals surface area (Å²) in [6.07, 6.45) is 4.06. The van der Waals surface area contributed by atoms with E-state index < -0.39 is 0 Å². The van der Waals surface area contributed by atoms with E-state index in [1.54, 1.807) is 0 Å². The Labute approximate surface area is 95.4 Å². The number of hydrogen-bond acceptors (Lipinski definition) is 2. The lowest BCUT2D eigenvalue weighted by Crippen LogP contribution is -2.37. The Kier molecular flexibility index (Phi) is 4.60. The predicted molar refractivity (Wildman–Crippen MR) is 67.2 cm³/mol. The van der Waals surface area contributed by atoms with Crippen molar-refractivity contribution in [1.29, 1.82) is 0 Å². The zero-order valence-corrected chi connectivity index (χ0v) is 11.1. The molecule has 1 aliphatic rings. The van der Waals surface area contributed by atoms with Crippen molar-refractivity contribution in [3.05, 3.63) is 0 Å². The monoisotopic (exact) mass is 212 g/mol. The van der Waals surface area contributed by atoms with Gasteiger partial charge in [0.05, 0.1) is 0 Å². The van der Waals surface area contributed by atoms with Gasteiger partial charge >= 0.3 is 0 Å². The first-order valence-corrected chi connectivity index (χ1v) is 6.32. The molecule has 90 valence electrons. The van der Waals surface area contributed by atoms with Crippen LogP contribution in [0.15, 0.2) is 0 Å². The number of nitrogens with one attached hydrogen (secondary N) is 1. The van der Waals surface area contributed by atoms with E-state index in [-0.39, 0.29) is 0 Å². The van der Waals surface area contributed by atoms with E-state index >= 15 is 0 Å². The van der Waals surface area contributed by atoms with Crippen molar-refractivity contribution < 1.29 is 0 Å². The van der Waals surface area contributed by atoms with E-state index in [4.69, 9.17) is 0 Å². The van der Waals surface area contributed by atoms with Gasteiger partial charge in [-0.1, -0.05) is 20.8 Å². The van der Waals surface area contributed by atoms with Crippen LogP contribution in [0.4, 0.5) is 0 Å². The average Bonchev–Trinajstić information content (AvgIpc) is 2.84. The molecule has 1 unspecified atom stereocenters. The number of rotatable bonds is 6. The van der Waals surface area contributed by atoms with E-state index in [9.17, 15) is 0 Å². The molecule has 0 saturated heterocycles. The van der Waals surface area contributed by atoms with Crippen LogP contribution in [0.25, 0.3) is 0 Å². The van der Waals surface area contributed by atoms with Gasteiger partial charge in [0.1, 0.15) is 0 Å². The molecule has 1 atom stereocenters. The second-order valence-electron chi connectivity index (χ2n) is 6.34. The first kappa shape index (κ1) is 13.0. The molecule has 0 heterocycles. The molecule has 1 saturated carbocycles. The van der Waals surface area contributed by atoms with E-state index in [1.807, 2.05) is 0 Å². The molecule has 0 radical (unpaired) electrons. The summed E-state index contributed by atoms with van der Waals surface area (Å²) in [5, 5.41) is 3.58. The molecular formula is C13H28N2. The van der Waals surface area contributed by atoms with Gasteiger partial charge in [0.25, 0.3) is 0 Å². The molecule has 0 aromatic heterocycles. The topological polar surface area (TPSA) is 15.3 Å². The number of nitrogens with zero attached hydrogens (tertiary/aromatic N) is 1. The van der Waals surface area contributed by atoms with Gasteiger partial charge in [0, 0.05) is 18.6 Å². The predicted octanol–water partition coefficient (Wildman–Crippen LogP) is 2.49. The first-order valence-electron chi connectivity index (χ1n) is 6.32. The van der Waals surface area contributed by atoms with Crippen LogP contribution in [0.3, 0.4) is 0 Å². The van der Waals surface area contributed by atoms with Crippen LogP contribution >= 0.6 is 0 Å². The third-order valence-corrected chi connectivity index (χ3v) is 3.05. The second kappa shape index (κ2) is 5.31. The maximum absolute atomic E-state index is 3.58. The van der Waals surface area contributed by atoms with Crippen molar-refractivity contribution in [3.63, 3.8) is 0 Å². The molecule has 0 aromatic rings. The third kappa shape index (κ3) is 6.16. The number of hydrogen-bond donors (Lipinski definition) is 1. The molecule has 0 bridgehead atoms. The summed E-state index contributed by atoms with van der Waals surface area (Å²) >= 11 is 0. The van der Waals surface area contributed by atoms with E-state index in [0.717, 1.165) is 6.04 Å². The molecule has 2 heteroatoms. The highest BCUT2D eigenvalue weighted by atomic mass is 15.1. The summed E-state index contributed by atoms with van der Waals surface area (Å²) in [6, 6.07) is 1.54. The van der Waals surface area contributed by atoms with Crippen molar-refractivity contribution in [2.45, 2.75) is 59.0 Å². The molecule has 0 aliphatic heterocycles. The zero-order valence-electron chi connectivity index (χ0n) is 11.1.